The highest BCUT2D eigenvalue weighted by Gasteiger charge is 2.29. The molecule has 1 saturated carbocycles. The highest BCUT2D eigenvalue weighted by atomic mass is 32.2. The van der Waals surface area contributed by atoms with Crippen LogP contribution in [0, 0.1) is 6.92 Å². The van der Waals surface area contributed by atoms with Crippen molar-refractivity contribution < 1.29 is 8.42 Å². The van der Waals surface area contributed by atoms with E-state index in [4.69, 9.17) is 0 Å². The lowest BCUT2D eigenvalue weighted by atomic mass is 9.89. The molecule has 7 heteroatoms. The van der Waals surface area contributed by atoms with Crippen molar-refractivity contribution in [1.82, 2.24) is 14.5 Å². The zero-order chi connectivity index (χ0) is 18.5. The zero-order valence-corrected chi connectivity index (χ0v) is 15.9. The van der Waals surface area contributed by atoms with Crippen molar-refractivity contribution in [2.75, 3.05) is 0 Å². The molecule has 1 N–H and O–H groups in total. The quantitative estimate of drug-likeness (QED) is 0.890. The third-order valence-electron chi connectivity index (χ3n) is 5.21. The molecule has 0 saturated heterocycles. The van der Waals surface area contributed by atoms with Gasteiger partial charge < -0.3 is 0 Å². The van der Waals surface area contributed by atoms with Gasteiger partial charge >= 0.3 is 0 Å². The molecule has 0 atom stereocenters. The van der Waals surface area contributed by atoms with Crippen LogP contribution in [0.2, 0.25) is 0 Å². The van der Waals surface area contributed by atoms with E-state index < -0.39 is 10.0 Å². The summed E-state index contributed by atoms with van der Waals surface area (Å²) in [4.78, 5) is 12.7. The number of hydrogen-bond acceptors (Lipinski definition) is 4. The Hall–Kier alpha value is -1.99. The van der Waals surface area contributed by atoms with Crippen molar-refractivity contribution in [3.8, 4) is 11.3 Å². The van der Waals surface area contributed by atoms with E-state index in [1.165, 1.54) is 4.68 Å². The predicted octanol–water partition coefficient (Wildman–Crippen LogP) is 2.08. The molecule has 1 heterocycles. The molecule has 0 amide bonds. The predicted molar refractivity (Wildman–Crippen MR) is 99.6 cm³/mol. The zero-order valence-electron chi connectivity index (χ0n) is 15.1. The van der Waals surface area contributed by atoms with E-state index in [1.54, 1.807) is 20.0 Å². The lowest BCUT2D eigenvalue weighted by molar-refractivity contribution is 0.580. The largest absolute Gasteiger partial charge is 0.269 e. The van der Waals surface area contributed by atoms with Gasteiger partial charge in [0.15, 0.2) is 0 Å². The van der Waals surface area contributed by atoms with Gasteiger partial charge in [-0.25, -0.2) is 17.8 Å². The molecule has 1 aromatic heterocycles. The van der Waals surface area contributed by atoms with Crippen LogP contribution in [-0.4, -0.2) is 24.2 Å². The maximum absolute atomic E-state index is 12.7. The van der Waals surface area contributed by atoms with Gasteiger partial charge in [-0.2, -0.15) is 5.10 Å². The van der Waals surface area contributed by atoms with E-state index >= 15 is 0 Å². The fourth-order valence-corrected chi connectivity index (χ4v) is 5.18. The molecule has 26 heavy (non-hydrogen) atoms. The molecule has 0 radical (unpaired) electrons. The summed E-state index contributed by atoms with van der Waals surface area (Å²) in [6.07, 6.45) is 5.39. The number of benzene rings is 1. The summed E-state index contributed by atoms with van der Waals surface area (Å²) >= 11 is 0. The van der Waals surface area contributed by atoms with E-state index in [2.05, 4.69) is 9.82 Å². The van der Waals surface area contributed by atoms with E-state index in [9.17, 15) is 13.2 Å². The van der Waals surface area contributed by atoms with Crippen LogP contribution in [0.5, 0.6) is 0 Å². The van der Waals surface area contributed by atoms with Gasteiger partial charge in [-0.05, 0) is 62.6 Å². The van der Waals surface area contributed by atoms with Crippen LogP contribution >= 0.6 is 0 Å². The minimum absolute atomic E-state index is 0.0428. The summed E-state index contributed by atoms with van der Waals surface area (Å²) in [5.74, 6) is 0. The monoisotopic (exact) mass is 373 g/mol. The van der Waals surface area contributed by atoms with Crippen LogP contribution in [-0.2, 0) is 29.9 Å². The first kappa shape index (κ1) is 17.4. The number of sulfonamides is 1. The van der Waals surface area contributed by atoms with Gasteiger partial charge in [-0.3, -0.25) is 4.79 Å². The molecule has 1 fully saturated rings. The standard InChI is InChI=1S/C19H23N3O3S/c1-12-7-8-13(11-17(12)26(24,25)21-14-9-10-14)18-15-5-3-4-6-16(15)19(23)22(2)20-18/h7-8,11,14,21H,3-6,9-10H2,1-2H3. The number of nitrogens with one attached hydrogen (secondary N) is 1. The van der Waals surface area contributed by atoms with Crippen LogP contribution < -0.4 is 10.3 Å². The van der Waals surface area contributed by atoms with Crippen molar-refractivity contribution in [3.63, 3.8) is 0 Å². The van der Waals surface area contributed by atoms with Crippen LogP contribution in [0.4, 0.5) is 0 Å². The molecular weight excluding hydrogens is 350 g/mol. The van der Waals surface area contributed by atoms with E-state index in [-0.39, 0.29) is 11.6 Å². The van der Waals surface area contributed by atoms with Gasteiger partial charge in [0.2, 0.25) is 10.0 Å². The average molecular weight is 373 g/mol. The second kappa shape index (κ2) is 6.32. The molecule has 1 aromatic carbocycles. The minimum Gasteiger partial charge on any atom is -0.268 e. The van der Waals surface area contributed by atoms with Crippen LogP contribution in [0.3, 0.4) is 0 Å². The summed E-state index contributed by atoms with van der Waals surface area (Å²) in [6.45, 7) is 1.80. The fourth-order valence-electron chi connectivity index (χ4n) is 3.61. The smallest absolute Gasteiger partial charge is 0.268 e. The Bertz CT molecular complexity index is 1040. The summed E-state index contributed by atoms with van der Waals surface area (Å²) in [5.41, 5.74) is 3.94. The topological polar surface area (TPSA) is 81.1 Å². The molecule has 0 spiro atoms. The molecule has 2 aliphatic rings. The molecular formula is C19H23N3O3S. The number of rotatable bonds is 4. The Kier molecular flexibility index (Phi) is 4.23. The first-order valence-corrected chi connectivity index (χ1v) is 10.6. The van der Waals surface area contributed by atoms with Gasteiger partial charge in [-0.1, -0.05) is 12.1 Å². The van der Waals surface area contributed by atoms with E-state index in [0.29, 0.717) is 10.5 Å². The van der Waals surface area contributed by atoms with Gasteiger partial charge in [0.25, 0.3) is 5.56 Å². The Morgan fingerprint density at radius 2 is 1.85 bits per heavy atom. The highest BCUT2D eigenvalue weighted by molar-refractivity contribution is 7.89. The van der Waals surface area contributed by atoms with Crippen LogP contribution in [0.15, 0.2) is 27.9 Å². The fraction of sp³-hybridized carbons (Fsp3) is 0.474. The summed E-state index contributed by atoms with van der Waals surface area (Å²) < 4.78 is 29.5. The van der Waals surface area contributed by atoms with Crippen molar-refractivity contribution in [2.45, 2.75) is 56.4 Å². The lowest BCUT2D eigenvalue weighted by Crippen LogP contribution is -2.28. The normalized spacial score (nSPS) is 17.2. The average Bonchev–Trinajstić information content (AvgIpc) is 3.42. The Morgan fingerprint density at radius 3 is 2.54 bits per heavy atom. The van der Waals surface area contributed by atoms with Gasteiger partial charge in [0.1, 0.15) is 0 Å². The summed E-state index contributed by atoms with van der Waals surface area (Å²) in [7, 11) is -1.89. The SMILES string of the molecule is Cc1ccc(-c2nn(C)c(=O)c3c2CCCC3)cc1S(=O)(=O)NC1CC1. The van der Waals surface area contributed by atoms with Crippen LogP contribution in [0.1, 0.15) is 42.4 Å². The third-order valence-corrected chi connectivity index (χ3v) is 6.87. The van der Waals surface area contributed by atoms with Crippen molar-refractivity contribution >= 4 is 10.0 Å². The minimum atomic E-state index is -3.54. The maximum atomic E-state index is 12.7. The molecule has 0 bridgehead atoms. The number of aryl methyl sites for hydroxylation is 2. The number of fused-ring (bicyclic) bond motifs is 1. The summed E-state index contributed by atoms with van der Waals surface area (Å²) in [5, 5.41) is 4.47. The van der Waals surface area contributed by atoms with Gasteiger partial charge in [-0.15, -0.1) is 0 Å². The highest BCUT2D eigenvalue weighted by Crippen LogP contribution is 2.31. The molecule has 2 aliphatic carbocycles. The van der Waals surface area contributed by atoms with E-state index in [0.717, 1.165) is 60.9 Å². The van der Waals surface area contributed by atoms with Crippen molar-refractivity contribution in [2.24, 2.45) is 7.05 Å². The third kappa shape index (κ3) is 3.10. The second-order valence-electron chi connectivity index (χ2n) is 7.32. The van der Waals surface area contributed by atoms with Crippen LogP contribution in [0.25, 0.3) is 11.3 Å². The first-order chi connectivity index (χ1) is 12.4. The van der Waals surface area contributed by atoms with E-state index in [1.807, 2.05) is 12.1 Å². The molecule has 2 aromatic rings. The van der Waals surface area contributed by atoms with Gasteiger partial charge in [0, 0.05) is 24.2 Å². The lowest BCUT2D eigenvalue weighted by Gasteiger charge is -2.20. The van der Waals surface area contributed by atoms with Crippen molar-refractivity contribution in [1.29, 1.82) is 0 Å². The Labute approximate surface area is 153 Å². The molecule has 138 valence electrons. The second-order valence-corrected chi connectivity index (χ2v) is 9.00. The number of hydrogen-bond donors (Lipinski definition) is 1. The molecule has 0 unspecified atom stereocenters. The van der Waals surface area contributed by atoms with Crippen molar-refractivity contribution in [3.05, 3.63) is 45.2 Å². The Balaban J connectivity index is 1.86. The molecule has 4 rings (SSSR count). The Morgan fingerprint density at radius 1 is 1.15 bits per heavy atom. The van der Waals surface area contributed by atoms with Gasteiger partial charge in [0.05, 0.1) is 10.6 Å². The first-order valence-electron chi connectivity index (χ1n) is 9.09. The molecule has 6 nitrogen and oxygen atoms in total. The number of aromatic nitrogens is 2. The maximum Gasteiger partial charge on any atom is 0.269 e. The number of nitrogens with zero attached hydrogens (tertiary/aromatic N) is 2. The molecule has 0 aliphatic heterocycles. The summed E-state index contributed by atoms with van der Waals surface area (Å²) in [6, 6.07) is 5.47.